The van der Waals surface area contributed by atoms with Crippen LogP contribution >= 0.6 is 27.3 Å². The Labute approximate surface area is 122 Å². The summed E-state index contributed by atoms with van der Waals surface area (Å²) in [5, 5.41) is 13.4. The van der Waals surface area contributed by atoms with Gasteiger partial charge in [0.15, 0.2) is 0 Å². The summed E-state index contributed by atoms with van der Waals surface area (Å²) in [5.41, 5.74) is 2.09. The van der Waals surface area contributed by atoms with Crippen LogP contribution in [-0.4, -0.2) is 17.0 Å². The zero-order chi connectivity index (χ0) is 14.0. The quantitative estimate of drug-likeness (QED) is 0.894. The molecule has 0 unspecified atom stereocenters. The predicted molar refractivity (Wildman–Crippen MR) is 78.1 cm³/mol. The topological polar surface area (TPSA) is 66.4 Å². The molecule has 1 amide bonds. The maximum Gasteiger partial charge on any atom is 0.335 e. The van der Waals surface area contributed by atoms with Crippen molar-refractivity contribution >= 4 is 44.8 Å². The van der Waals surface area contributed by atoms with Crippen LogP contribution in [0.25, 0.3) is 0 Å². The molecule has 0 aliphatic rings. The van der Waals surface area contributed by atoms with Crippen LogP contribution < -0.4 is 5.32 Å². The number of carboxylic acid groups (broad SMARTS) is 1. The van der Waals surface area contributed by atoms with E-state index < -0.39 is 5.97 Å². The maximum atomic E-state index is 12.0. The molecule has 2 aromatic rings. The van der Waals surface area contributed by atoms with E-state index in [1.54, 1.807) is 24.4 Å². The maximum absolute atomic E-state index is 12.0. The SMILES string of the molecule is Cc1cc(C(=O)O)ccc1NC(=O)c1csc(Br)c1. The summed E-state index contributed by atoms with van der Waals surface area (Å²) < 4.78 is 0.885. The average Bonchev–Trinajstić information content (AvgIpc) is 2.78. The summed E-state index contributed by atoms with van der Waals surface area (Å²) in [4.78, 5) is 22.8. The van der Waals surface area contributed by atoms with Crippen molar-refractivity contribution in [3.8, 4) is 0 Å². The second-order valence-electron chi connectivity index (χ2n) is 3.93. The minimum absolute atomic E-state index is 0.203. The van der Waals surface area contributed by atoms with Gasteiger partial charge in [0.05, 0.1) is 14.9 Å². The highest BCUT2D eigenvalue weighted by Gasteiger charge is 2.11. The molecule has 1 heterocycles. The van der Waals surface area contributed by atoms with Gasteiger partial charge in [0.25, 0.3) is 5.91 Å². The van der Waals surface area contributed by atoms with Gasteiger partial charge in [0.2, 0.25) is 0 Å². The molecule has 0 saturated heterocycles. The van der Waals surface area contributed by atoms with Crippen molar-refractivity contribution in [2.45, 2.75) is 6.92 Å². The third-order valence-corrected chi connectivity index (χ3v) is 4.06. The number of hydrogen-bond donors (Lipinski definition) is 2. The van der Waals surface area contributed by atoms with Crippen molar-refractivity contribution in [1.29, 1.82) is 0 Å². The molecule has 0 spiro atoms. The third-order valence-electron chi connectivity index (χ3n) is 2.55. The number of anilines is 1. The zero-order valence-corrected chi connectivity index (χ0v) is 12.3. The van der Waals surface area contributed by atoms with E-state index in [4.69, 9.17) is 5.11 Å². The van der Waals surface area contributed by atoms with Crippen molar-refractivity contribution in [2.24, 2.45) is 0 Å². The number of amides is 1. The van der Waals surface area contributed by atoms with Gasteiger partial charge in [-0.05, 0) is 52.7 Å². The Hall–Kier alpha value is -1.66. The van der Waals surface area contributed by atoms with Gasteiger partial charge >= 0.3 is 5.97 Å². The number of carbonyl (C=O) groups excluding carboxylic acids is 1. The molecular formula is C13H10BrNO3S. The van der Waals surface area contributed by atoms with Crippen LogP contribution in [0.3, 0.4) is 0 Å². The van der Waals surface area contributed by atoms with E-state index >= 15 is 0 Å². The van der Waals surface area contributed by atoms with Crippen LogP contribution in [0.1, 0.15) is 26.3 Å². The normalized spacial score (nSPS) is 10.2. The summed E-state index contributed by atoms with van der Waals surface area (Å²) in [6.07, 6.45) is 0. The first-order valence-electron chi connectivity index (χ1n) is 5.36. The highest BCUT2D eigenvalue weighted by Crippen LogP contribution is 2.22. The lowest BCUT2D eigenvalue weighted by Crippen LogP contribution is -2.12. The molecule has 2 N–H and O–H groups in total. The number of aromatic carboxylic acids is 1. The lowest BCUT2D eigenvalue weighted by molar-refractivity contribution is 0.0696. The number of aryl methyl sites for hydroxylation is 1. The number of halogens is 1. The summed E-state index contributed by atoms with van der Waals surface area (Å²) >= 11 is 4.73. The van der Waals surface area contributed by atoms with Gasteiger partial charge in [-0.3, -0.25) is 4.79 Å². The van der Waals surface area contributed by atoms with Crippen LogP contribution in [-0.2, 0) is 0 Å². The van der Waals surface area contributed by atoms with E-state index in [1.807, 2.05) is 0 Å². The molecule has 19 heavy (non-hydrogen) atoms. The molecule has 0 atom stereocenters. The fraction of sp³-hybridized carbons (Fsp3) is 0.0769. The average molecular weight is 340 g/mol. The first-order valence-corrected chi connectivity index (χ1v) is 7.04. The van der Waals surface area contributed by atoms with Gasteiger partial charge in [-0.25, -0.2) is 4.79 Å². The zero-order valence-electron chi connectivity index (χ0n) is 9.94. The number of nitrogens with one attached hydrogen (secondary N) is 1. The molecule has 0 aliphatic carbocycles. The molecule has 0 radical (unpaired) electrons. The smallest absolute Gasteiger partial charge is 0.335 e. The van der Waals surface area contributed by atoms with E-state index in [2.05, 4.69) is 21.2 Å². The second-order valence-corrected chi connectivity index (χ2v) is 6.22. The van der Waals surface area contributed by atoms with E-state index in [1.165, 1.54) is 23.5 Å². The van der Waals surface area contributed by atoms with Crippen LogP contribution in [0.15, 0.2) is 33.4 Å². The predicted octanol–water partition coefficient (Wildman–Crippen LogP) is 3.77. The fourth-order valence-corrected chi connectivity index (χ4v) is 2.70. The molecule has 1 aromatic carbocycles. The van der Waals surface area contributed by atoms with Crippen molar-refractivity contribution < 1.29 is 14.7 Å². The van der Waals surface area contributed by atoms with Gasteiger partial charge in [0, 0.05) is 11.1 Å². The molecule has 4 nitrogen and oxygen atoms in total. The minimum atomic E-state index is -0.984. The van der Waals surface area contributed by atoms with E-state index in [0.717, 1.165) is 3.79 Å². The molecule has 0 aliphatic heterocycles. The molecule has 98 valence electrons. The van der Waals surface area contributed by atoms with E-state index in [9.17, 15) is 9.59 Å². The molecule has 1 aromatic heterocycles. The van der Waals surface area contributed by atoms with Crippen molar-refractivity contribution in [3.05, 3.63) is 50.1 Å². The molecule has 0 saturated carbocycles. The molecule has 2 rings (SSSR count). The van der Waals surface area contributed by atoms with Gasteiger partial charge in [-0.15, -0.1) is 11.3 Å². The van der Waals surface area contributed by atoms with Gasteiger partial charge < -0.3 is 10.4 Å². The van der Waals surface area contributed by atoms with Gasteiger partial charge in [-0.1, -0.05) is 0 Å². The lowest BCUT2D eigenvalue weighted by Gasteiger charge is -2.08. The van der Waals surface area contributed by atoms with Crippen molar-refractivity contribution in [3.63, 3.8) is 0 Å². The Kier molecular flexibility index (Phi) is 4.01. The van der Waals surface area contributed by atoms with Crippen molar-refractivity contribution in [2.75, 3.05) is 5.32 Å². The Morgan fingerprint density at radius 2 is 2.00 bits per heavy atom. The standard InChI is InChI=1S/C13H10BrNO3S/c1-7-4-8(13(17)18)2-3-10(7)15-12(16)9-5-11(14)19-6-9/h2-6H,1H3,(H,15,16)(H,17,18). The number of rotatable bonds is 3. The van der Waals surface area contributed by atoms with Gasteiger partial charge in [0.1, 0.15) is 0 Å². The molecule has 0 fully saturated rings. The summed E-state index contributed by atoms with van der Waals surface area (Å²) in [6, 6.07) is 6.33. The van der Waals surface area contributed by atoms with E-state index in [-0.39, 0.29) is 11.5 Å². The molecule has 0 bridgehead atoms. The minimum Gasteiger partial charge on any atom is -0.478 e. The van der Waals surface area contributed by atoms with Gasteiger partial charge in [-0.2, -0.15) is 0 Å². The Balaban J connectivity index is 2.20. The first kappa shape index (κ1) is 13.8. The number of carboxylic acids is 1. The summed E-state index contributed by atoms with van der Waals surface area (Å²) in [5.74, 6) is -1.20. The largest absolute Gasteiger partial charge is 0.478 e. The third kappa shape index (κ3) is 3.21. The number of thiophene rings is 1. The van der Waals surface area contributed by atoms with Crippen LogP contribution in [0.5, 0.6) is 0 Å². The van der Waals surface area contributed by atoms with E-state index in [0.29, 0.717) is 16.8 Å². The number of hydrogen-bond acceptors (Lipinski definition) is 3. The van der Waals surface area contributed by atoms with Crippen LogP contribution in [0.2, 0.25) is 0 Å². The first-order chi connectivity index (χ1) is 8.97. The number of benzene rings is 1. The number of carbonyl (C=O) groups is 2. The van der Waals surface area contributed by atoms with Crippen LogP contribution in [0.4, 0.5) is 5.69 Å². The highest BCUT2D eigenvalue weighted by molar-refractivity contribution is 9.11. The summed E-state index contributed by atoms with van der Waals surface area (Å²) in [6.45, 7) is 1.76. The summed E-state index contributed by atoms with van der Waals surface area (Å²) in [7, 11) is 0. The molecule has 6 heteroatoms. The van der Waals surface area contributed by atoms with Crippen LogP contribution in [0, 0.1) is 6.92 Å². The Morgan fingerprint density at radius 1 is 1.26 bits per heavy atom. The molecular weight excluding hydrogens is 330 g/mol. The Bertz CT molecular complexity index is 651. The second kappa shape index (κ2) is 5.54. The highest BCUT2D eigenvalue weighted by atomic mass is 79.9. The van der Waals surface area contributed by atoms with Crippen molar-refractivity contribution in [1.82, 2.24) is 0 Å². The lowest BCUT2D eigenvalue weighted by atomic mass is 10.1. The Morgan fingerprint density at radius 3 is 2.53 bits per heavy atom. The monoisotopic (exact) mass is 339 g/mol. The fourth-order valence-electron chi connectivity index (χ4n) is 1.56.